The summed E-state index contributed by atoms with van der Waals surface area (Å²) >= 11 is 0. The summed E-state index contributed by atoms with van der Waals surface area (Å²) in [5.41, 5.74) is 3.43. The number of ether oxygens (including phenoxy) is 3. The number of anilines is 1. The molecule has 0 saturated carbocycles. The maximum Gasteiger partial charge on any atom is 0.343 e. The molecule has 0 atom stereocenters. The number of hydrazone groups is 1. The predicted octanol–water partition coefficient (Wildman–Crippen LogP) is 1.73. The number of rotatable bonds is 9. The van der Waals surface area contributed by atoms with Crippen LogP contribution in [0.5, 0.6) is 11.5 Å². The topological polar surface area (TPSA) is 115 Å². The Balaban J connectivity index is 1.81. The first kappa shape index (κ1) is 21.4. The first-order valence-corrected chi connectivity index (χ1v) is 8.55. The van der Waals surface area contributed by atoms with Gasteiger partial charge in [-0.25, -0.2) is 10.2 Å². The van der Waals surface area contributed by atoms with Gasteiger partial charge in [-0.2, -0.15) is 5.10 Å². The van der Waals surface area contributed by atoms with E-state index in [4.69, 9.17) is 9.47 Å². The standard InChI is InChI=1S/C20H21N3O6/c1-27-16-7-4-6-15(10-16)22-18(24)11-19(25)23-21-12-14-5-3-8-17(9-14)29-13-20(26)28-2/h3-10,12H,11,13H2,1-2H3,(H,22,24)(H,23,25). The third-order valence-corrected chi connectivity index (χ3v) is 3.52. The number of carbonyl (C=O) groups is 3. The van der Waals surface area contributed by atoms with E-state index in [0.29, 0.717) is 22.7 Å². The molecule has 0 saturated heterocycles. The van der Waals surface area contributed by atoms with Crippen LogP contribution in [0, 0.1) is 0 Å². The number of methoxy groups -OCH3 is 2. The minimum Gasteiger partial charge on any atom is -0.497 e. The molecule has 9 nitrogen and oxygen atoms in total. The Morgan fingerprint density at radius 3 is 2.52 bits per heavy atom. The minimum atomic E-state index is -0.570. The number of nitrogens with zero attached hydrogens (tertiary/aromatic N) is 1. The molecule has 9 heteroatoms. The highest BCUT2D eigenvalue weighted by Gasteiger charge is 2.09. The van der Waals surface area contributed by atoms with Gasteiger partial charge in [0.25, 0.3) is 0 Å². The van der Waals surface area contributed by atoms with Crippen molar-refractivity contribution in [1.82, 2.24) is 5.43 Å². The van der Waals surface area contributed by atoms with Crippen LogP contribution in [0.4, 0.5) is 5.69 Å². The van der Waals surface area contributed by atoms with E-state index in [2.05, 4.69) is 20.6 Å². The summed E-state index contributed by atoms with van der Waals surface area (Å²) in [6.45, 7) is -0.212. The molecular formula is C20H21N3O6. The predicted molar refractivity (Wildman–Crippen MR) is 106 cm³/mol. The van der Waals surface area contributed by atoms with E-state index in [1.807, 2.05) is 0 Å². The van der Waals surface area contributed by atoms with E-state index in [0.717, 1.165) is 0 Å². The molecule has 0 aromatic heterocycles. The Morgan fingerprint density at radius 2 is 1.76 bits per heavy atom. The van der Waals surface area contributed by atoms with Crippen molar-refractivity contribution in [2.45, 2.75) is 6.42 Å². The van der Waals surface area contributed by atoms with Gasteiger partial charge >= 0.3 is 5.97 Å². The number of benzene rings is 2. The van der Waals surface area contributed by atoms with Gasteiger partial charge in [0.2, 0.25) is 11.8 Å². The van der Waals surface area contributed by atoms with Crippen molar-refractivity contribution in [3.05, 3.63) is 54.1 Å². The quantitative estimate of drug-likeness (QED) is 0.287. The smallest absolute Gasteiger partial charge is 0.343 e. The Kier molecular flexibility index (Phi) is 8.18. The zero-order chi connectivity index (χ0) is 21.1. The molecule has 0 fully saturated rings. The average Bonchev–Trinajstić information content (AvgIpc) is 2.72. The molecule has 0 aliphatic heterocycles. The summed E-state index contributed by atoms with van der Waals surface area (Å²) in [7, 11) is 2.79. The number of hydrogen-bond donors (Lipinski definition) is 2. The maximum absolute atomic E-state index is 11.9. The lowest BCUT2D eigenvalue weighted by Gasteiger charge is -2.06. The third-order valence-electron chi connectivity index (χ3n) is 3.52. The van der Waals surface area contributed by atoms with Crippen molar-refractivity contribution >= 4 is 29.7 Å². The van der Waals surface area contributed by atoms with Gasteiger partial charge in [-0.1, -0.05) is 18.2 Å². The first-order chi connectivity index (χ1) is 14.0. The van der Waals surface area contributed by atoms with Crippen LogP contribution in [-0.2, 0) is 19.1 Å². The Morgan fingerprint density at radius 1 is 1.00 bits per heavy atom. The highest BCUT2D eigenvalue weighted by atomic mass is 16.6. The summed E-state index contributed by atoms with van der Waals surface area (Å²) in [6.07, 6.45) is 1.000. The number of nitrogens with one attached hydrogen (secondary N) is 2. The van der Waals surface area contributed by atoms with E-state index < -0.39 is 24.2 Å². The van der Waals surface area contributed by atoms with Gasteiger partial charge in [0, 0.05) is 11.8 Å². The van der Waals surface area contributed by atoms with Gasteiger partial charge < -0.3 is 19.5 Å². The SMILES string of the molecule is COC(=O)COc1cccc(C=NNC(=O)CC(=O)Nc2cccc(OC)c2)c1. The zero-order valence-electron chi connectivity index (χ0n) is 16.0. The van der Waals surface area contributed by atoms with Crippen LogP contribution in [0.3, 0.4) is 0 Å². The molecule has 2 aromatic rings. The second-order valence-electron chi connectivity index (χ2n) is 5.69. The van der Waals surface area contributed by atoms with E-state index in [1.54, 1.807) is 48.5 Å². The van der Waals surface area contributed by atoms with Crippen molar-refractivity contribution in [3.63, 3.8) is 0 Å². The van der Waals surface area contributed by atoms with Crippen molar-refractivity contribution in [2.24, 2.45) is 5.10 Å². The molecular weight excluding hydrogens is 378 g/mol. The van der Waals surface area contributed by atoms with E-state index >= 15 is 0 Å². The van der Waals surface area contributed by atoms with Crippen molar-refractivity contribution in [3.8, 4) is 11.5 Å². The molecule has 2 amide bonds. The van der Waals surface area contributed by atoms with Crippen molar-refractivity contribution < 1.29 is 28.6 Å². The molecule has 0 spiro atoms. The molecule has 0 heterocycles. The lowest BCUT2D eigenvalue weighted by molar-refractivity contribution is -0.143. The monoisotopic (exact) mass is 399 g/mol. The van der Waals surface area contributed by atoms with E-state index in [-0.39, 0.29) is 6.61 Å². The fraction of sp³-hybridized carbons (Fsp3) is 0.200. The van der Waals surface area contributed by atoms with E-state index in [1.165, 1.54) is 20.4 Å². The van der Waals surface area contributed by atoms with Crippen LogP contribution in [0.15, 0.2) is 53.6 Å². The van der Waals surface area contributed by atoms with Crippen LogP contribution in [0.1, 0.15) is 12.0 Å². The Labute approximate surface area is 167 Å². The highest BCUT2D eigenvalue weighted by Crippen LogP contribution is 2.16. The molecule has 0 aliphatic carbocycles. The van der Waals surface area contributed by atoms with Crippen LogP contribution in [0.25, 0.3) is 0 Å². The Bertz CT molecular complexity index is 897. The van der Waals surface area contributed by atoms with E-state index in [9.17, 15) is 14.4 Å². The number of esters is 1. The van der Waals surface area contributed by atoms with Crippen LogP contribution in [-0.4, -0.2) is 44.8 Å². The van der Waals surface area contributed by atoms with Gasteiger partial charge in [0.05, 0.1) is 20.4 Å². The van der Waals surface area contributed by atoms with Gasteiger partial charge in [0.1, 0.15) is 17.9 Å². The Hall–Kier alpha value is -3.88. The fourth-order valence-electron chi connectivity index (χ4n) is 2.16. The zero-order valence-corrected chi connectivity index (χ0v) is 16.0. The highest BCUT2D eigenvalue weighted by molar-refractivity contribution is 6.03. The van der Waals surface area contributed by atoms with Crippen LogP contribution < -0.4 is 20.2 Å². The largest absolute Gasteiger partial charge is 0.497 e. The number of amides is 2. The van der Waals surface area contributed by atoms with Crippen molar-refractivity contribution in [2.75, 3.05) is 26.1 Å². The molecule has 152 valence electrons. The molecule has 2 N–H and O–H groups in total. The van der Waals surface area contributed by atoms with Crippen LogP contribution in [0.2, 0.25) is 0 Å². The summed E-state index contributed by atoms with van der Waals surface area (Å²) < 4.78 is 14.8. The summed E-state index contributed by atoms with van der Waals surface area (Å²) in [5, 5.41) is 6.41. The summed E-state index contributed by atoms with van der Waals surface area (Å²) in [5.74, 6) is -0.509. The second-order valence-corrected chi connectivity index (χ2v) is 5.69. The lowest BCUT2D eigenvalue weighted by Crippen LogP contribution is -2.24. The number of carbonyl (C=O) groups excluding carboxylic acids is 3. The fourth-order valence-corrected chi connectivity index (χ4v) is 2.16. The molecule has 2 rings (SSSR count). The van der Waals surface area contributed by atoms with Gasteiger partial charge in [0.15, 0.2) is 6.61 Å². The molecule has 0 bridgehead atoms. The lowest BCUT2D eigenvalue weighted by atomic mass is 10.2. The summed E-state index contributed by atoms with van der Waals surface area (Å²) in [6, 6.07) is 13.5. The third kappa shape index (κ3) is 7.71. The molecule has 0 radical (unpaired) electrons. The van der Waals surface area contributed by atoms with Gasteiger partial charge in [-0.05, 0) is 29.8 Å². The normalized spacial score (nSPS) is 10.3. The first-order valence-electron chi connectivity index (χ1n) is 8.55. The molecule has 0 aliphatic rings. The minimum absolute atomic E-state index is 0.212. The van der Waals surface area contributed by atoms with Gasteiger partial charge in [-0.3, -0.25) is 9.59 Å². The molecule has 2 aromatic carbocycles. The average molecular weight is 399 g/mol. The summed E-state index contributed by atoms with van der Waals surface area (Å²) in [4.78, 5) is 34.9. The maximum atomic E-state index is 11.9. The van der Waals surface area contributed by atoms with Crippen molar-refractivity contribution in [1.29, 1.82) is 0 Å². The van der Waals surface area contributed by atoms with Crippen LogP contribution >= 0.6 is 0 Å². The van der Waals surface area contributed by atoms with Gasteiger partial charge in [-0.15, -0.1) is 0 Å². The number of hydrogen-bond acceptors (Lipinski definition) is 7. The molecule has 0 unspecified atom stereocenters. The second kappa shape index (κ2) is 11.1. The molecule has 29 heavy (non-hydrogen) atoms.